The van der Waals surface area contributed by atoms with Gasteiger partial charge in [0, 0.05) is 13.1 Å². The summed E-state index contributed by atoms with van der Waals surface area (Å²) in [5.74, 6) is 0.889. The molecule has 0 aromatic carbocycles. The molecule has 0 radical (unpaired) electrons. The molecule has 3 heteroatoms. The summed E-state index contributed by atoms with van der Waals surface area (Å²) in [6.07, 6.45) is 2.34. The van der Waals surface area contributed by atoms with Crippen LogP contribution in [-0.2, 0) is 4.79 Å². The lowest BCUT2D eigenvalue weighted by Crippen LogP contribution is -2.53. The second kappa shape index (κ2) is 2.73. The number of nitrogens with zero attached hydrogens (tertiary/aromatic N) is 1. The molecular formula is C9H16N2O. The number of carbonyl (C=O) groups is 1. The first-order valence-electron chi connectivity index (χ1n) is 4.70. The highest BCUT2D eigenvalue weighted by atomic mass is 16.2. The van der Waals surface area contributed by atoms with Gasteiger partial charge in [-0.25, -0.2) is 0 Å². The van der Waals surface area contributed by atoms with Crippen LogP contribution in [0.2, 0.25) is 0 Å². The molecular weight excluding hydrogens is 152 g/mol. The minimum atomic E-state index is 0.131. The first-order chi connectivity index (χ1) is 5.70. The van der Waals surface area contributed by atoms with Crippen LogP contribution in [0.3, 0.4) is 0 Å². The number of likely N-dealkylation sites (N-methyl/N-ethyl adjacent to an activating group) is 1. The number of hydrogen-bond donors (Lipinski definition) is 1. The van der Waals surface area contributed by atoms with Gasteiger partial charge in [0.1, 0.15) is 0 Å². The quantitative estimate of drug-likeness (QED) is 0.561. The van der Waals surface area contributed by atoms with Crippen LogP contribution in [-0.4, -0.2) is 36.5 Å². The molecule has 0 spiro atoms. The number of piperidine rings is 1. The summed E-state index contributed by atoms with van der Waals surface area (Å²) in [6, 6.07) is 0.560. The number of fused-ring (bicyclic) bond motifs is 1. The van der Waals surface area contributed by atoms with Crippen molar-refractivity contribution < 1.29 is 4.79 Å². The molecule has 0 aromatic heterocycles. The minimum Gasteiger partial charge on any atom is -0.342 e. The molecule has 0 bridgehead atoms. The van der Waals surface area contributed by atoms with Crippen LogP contribution in [0, 0.1) is 5.92 Å². The van der Waals surface area contributed by atoms with Gasteiger partial charge in [-0.05, 0) is 32.2 Å². The van der Waals surface area contributed by atoms with E-state index in [4.69, 9.17) is 0 Å². The van der Waals surface area contributed by atoms with Gasteiger partial charge < -0.3 is 10.2 Å². The molecule has 2 rings (SSSR count). The average molecular weight is 168 g/mol. The summed E-state index contributed by atoms with van der Waals surface area (Å²) >= 11 is 0. The zero-order chi connectivity index (χ0) is 8.72. The molecule has 3 nitrogen and oxygen atoms in total. The van der Waals surface area contributed by atoms with E-state index in [9.17, 15) is 4.79 Å². The van der Waals surface area contributed by atoms with E-state index in [1.807, 2.05) is 11.9 Å². The van der Waals surface area contributed by atoms with Crippen molar-refractivity contribution in [2.45, 2.75) is 31.8 Å². The van der Waals surface area contributed by atoms with Crippen molar-refractivity contribution in [3.63, 3.8) is 0 Å². The molecule has 0 saturated carbocycles. The largest absolute Gasteiger partial charge is 0.342 e. The lowest BCUT2D eigenvalue weighted by atomic mass is 9.88. The van der Waals surface area contributed by atoms with Crippen LogP contribution >= 0.6 is 0 Å². The lowest BCUT2D eigenvalue weighted by molar-refractivity contribution is -0.138. The van der Waals surface area contributed by atoms with E-state index in [0.717, 1.165) is 6.54 Å². The minimum absolute atomic E-state index is 0.131. The Morgan fingerprint density at radius 1 is 1.58 bits per heavy atom. The van der Waals surface area contributed by atoms with Crippen LogP contribution in [0.25, 0.3) is 0 Å². The monoisotopic (exact) mass is 168 g/mol. The SMILES string of the molecule is CC1CC2CCNC2C(=O)N1C. The number of rotatable bonds is 0. The summed E-state index contributed by atoms with van der Waals surface area (Å²) in [7, 11) is 1.91. The van der Waals surface area contributed by atoms with E-state index >= 15 is 0 Å². The molecule has 2 heterocycles. The van der Waals surface area contributed by atoms with Gasteiger partial charge in [0.05, 0.1) is 6.04 Å². The first-order valence-corrected chi connectivity index (χ1v) is 4.70. The first kappa shape index (κ1) is 8.05. The second-order valence-corrected chi connectivity index (χ2v) is 4.01. The molecule has 0 aliphatic carbocycles. The third kappa shape index (κ3) is 1.04. The van der Waals surface area contributed by atoms with Gasteiger partial charge in [-0.1, -0.05) is 0 Å². The van der Waals surface area contributed by atoms with Gasteiger partial charge in [0.2, 0.25) is 5.91 Å². The van der Waals surface area contributed by atoms with E-state index in [1.165, 1.54) is 12.8 Å². The van der Waals surface area contributed by atoms with Crippen molar-refractivity contribution in [3.05, 3.63) is 0 Å². The van der Waals surface area contributed by atoms with Gasteiger partial charge in [-0.15, -0.1) is 0 Å². The predicted octanol–water partition coefficient (Wildman–Crippen LogP) is 0.215. The topological polar surface area (TPSA) is 32.3 Å². The Kier molecular flexibility index (Phi) is 1.83. The fourth-order valence-corrected chi connectivity index (χ4v) is 2.33. The Morgan fingerprint density at radius 3 is 3.08 bits per heavy atom. The predicted molar refractivity (Wildman–Crippen MR) is 46.7 cm³/mol. The number of likely N-dealkylation sites (tertiary alicyclic amines) is 1. The van der Waals surface area contributed by atoms with Crippen LogP contribution < -0.4 is 5.32 Å². The van der Waals surface area contributed by atoms with Crippen LogP contribution in [0.5, 0.6) is 0 Å². The number of carbonyl (C=O) groups excluding carboxylic acids is 1. The van der Waals surface area contributed by atoms with Gasteiger partial charge in [0.25, 0.3) is 0 Å². The van der Waals surface area contributed by atoms with Gasteiger partial charge >= 0.3 is 0 Å². The lowest BCUT2D eigenvalue weighted by Gasteiger charge is -2.37. The molecule has 2 saturated heterocycles. The van der Waals surface area contributed by atoms with E-state index in [0.29, 0.717) is 12.0 Å². The number of amides is 1. The average Bonchev–Trinajstić information content (AvgIpc) is 2.48. The second-order valence-electron chi connectivity index (χ2n) is 4.01. The van der Waals surface area contributed by atoms with Crippen LogP contribution in [0.1, 0.15) is 19.8 Å². The normalized spacial score (nSPS) is 41.7. The molecule has 2 fully saturated rings. The summed E-state index contributed by atoms with van der Waals surface area (Å²) in [6.45, 7) is 3.15. The summed E-state index contributed by atoms with van der Waals surface area (Å²) < 4.78 is 0. The third-order valence-electron chi connectivity index (χ3n) is 3.27. The van der Waals surface area contributed by atoms with Gasteiger partial charge in [-0.2, -0.15) is 0 Å². The van der Waals surface area contributed by atoms with Crippen molar-refractivity contribution in [1.29, 1.82) is 0 Å². The van der Waals surface area contributed by atoms with Crippen molar-refractivity contribution in [3.8, 4) is 0 Å². The van der Waals surface area contributed by atoms with E-state index in [1.54, 1.807) is 0 Å². The Balaban J connectivity index is 2.16. The van der Waals surface area contributed by atoms with E-state index in [-0.39, 0.29) is 11.9 Å². The zero-order valence-corrected chi connectivity index (χ0v) is 7.71. The van der Waals surface area contributed by atoms with Crippen molar-refractivity contribution in [2.24, 2.45) is 5.92 Å². The number of nitrogens with one attached hydrogen (secondary N) is 1. The van der Waals surface area contributed by atoms with Crippen LogP contribution in [0.15, 0.2) is 0 Å². The highest BCUT2D eigenvalue weighted by molar-refractivity contribution is 5.83. The Bertz CT molecular complexity index is 205. The van der Waals surface area contributed by atoms with E-state index < -0.39 is 0 Å². The summed E-state index contributed by atoms with van der Waals surface area (Å²) in [4.78, 5) is 13.6. The Morgan fingerprint density at radius 2 is 2.33 bits per heavy atom. The van der Waals surface area contributed by atoms with Gasteiger partial charge in [0.15, 0.2) is 0 Å². The molecule has 2 aliphatic heterocycles. The van der Waals surface area contributed by atoms with Crippen molar-refractivity contribution in [2.75, 3.05) is 13.6 Å². The van der Waals surface area contributed by atoms with Crippen molar-refractivity contribution >= 4 is 5.91 Å². The molecule has 3 atom stereocenters. The maximum absolute atomic E-state index is 11.7. The van der Waals surface area contributed by atoms with Gasteiger partial charge in [-0.3, -0.25) is 4.79 Å². The number of hydrogen-bond acceptors (Lipinski definition) is 2. The molecule has 1 amide bonds. The Hall–Kier alpha value is -0.570. The highest BCUT2D eigenvalue weighted by Crippen LogP contribution is 2.28. The standard InChI is InChI=1S/C9H16N2O/c1-6-5-7-3-4-10-8(7)9(12)11(6)2/h6-8,10H,3-5H2,1-2H3. The maximum atomic E-state index is 11.7. The zero-order valence-electron chi connectivity index (χ0n) is 7.71. The van der Waals surface area contributed by atoms with Crippen molar-refractivity contribution in [1.82, 2.24) is 10.2 Å². The van der Waals surface area contributed by atoms with Crippen LogP contribution in [0.4, 0.5) is 0 Å². The fraction of sp³-hybridized carbons (Fsp3) is 0.889. The maximum Gasteiger partial charge on any atom is 0.239 e. The smallest absolute Gasteiger partial charge is 0.239 e. The fourth-order valence-electron chi connectivity index (χ4n) is 2.33. The highest BCUT2D eigenvalue weighted by Gasteiger charge is 2.40. The molecule has 3 unspecified atom stereocenters. The Labute approximate surface area is 73.1 Å². The third-order valence-corrected chi connectivity index (χ3v) is 3.27. The molecule has 1 N–H and O–H groups in total. The summed E-state index contributed by atoms with van der Waals surface area (Å²) in [5, 5.41) is 3.27. The molecule has 2 aliphatic rings. The molecule has 12 heavy (non-hydrogen) atoms. The summed E-state index contributed by atoms with van der Waals surface area (Å²) in [5.41, 5.74) is 0. The molecule has 0 aromatic rings. The molecule has 68 valence electrons. The van der Waals surface area contributed by atoms with E-state index in [2.05, 4.69) is 12.2 Å².